The number of nitrogens with two attached hydrogens (primary N) is 1. The van der Waals surface area contributed by atoms with E-state index in [0.717, 1.165) is 22.3 Å². The average Bonchev–Trinajstić information content (AvgIpc) is 2.78. The molecule has 0 aliphatic rings. The number of rotatable bonds is 8. The highest BCUT2D eigenvalue weighted by atomic mass is 16.5. The van der Waals surface area contributed by atoms with Crippen molar-refractivity contribution in [2.75, 3.05) is 24.4 Å². The Balaban J connectivity index is 2.07. The third-order valence-electron chi connectivity index (χ3n) is 5.28. The van der Waals surface area contributed by atoms with E-state index in [2.05, 4.69) is 4.98 Å². The largest absolute Gasteiger partial charge is 0.383 e. The number of H-pyrrole nitrogens is 1. The van der Waals surface area contributed by atoms with Gasteiger partial charge in [-0.15, -0.1) is 0 Å². The summed E-state index contributed by atoms with van der Waals surface area (Å²) in [6.07, 6.45) is 3.12. The van der Waals surface area contributed by atoms with Crippen molar-refractivity contribution in [3.63, 3.8) is 0 Å². The lowest BCUT2D eigenvalue weighted by molar-refractivity contribution is -0.114. The highest BCUT2D eigenvalue weighted by Crippen LogP contribution is 2.21. The van der Waals surface area contributed by atoms with Gasteiger partial charge in [0.1, 0.15) is 5.82 Å². The second-order valence-electron chi connectivity index (χ2n) is 7.74. The lowest BCUT2D eigenvalue weighted by Crippen LogP contribution is -2.40. The SMILES string of the molecule is COCCn1c(N)c(N(Cc2ccccc2)C(=O)/C=C/c2ccc(C)cc2C)c(=O)[nH]c1=O. The number of carbonyl (C=O) groups is 1. The molecule has 1 amide bonds. The molecule has 0 bridgehead atoms. The minimum Gasteiger partial charge on any atom is -0.383 e. The number of anilines is 2. The number of ether oxygens (including phenoxy) is 1. The zero-order valence-electron chi connectivity index (χ0n) is 19.0. The van der Waals surface area contributed by atoms with Crippen LogP contribution in [0.4, 0.5) is 11.5 Å². The minimum absolute atomic E-state index is 0.0789. The van der Waals surface area contributed by atoms with Gasteiger partial charge in [-0.3, -0.25) is 24.0 Å². The summed E-state index contributed by atoms with van der Waals surface area (Å²) in [5, 5.41) is 0. The van der Waals surface area contributed by atoms with Crippen molar-refractivity contribution in [1.29, 1.82) is 0 Å². The van der Waals surface area contributed by atoms with Crippen molar-refractivity contribution < 1.29 is 9.53 Å². The van der Waals surface area contributed by atoms with Crippen LogP contribution in [0, 0.1) is 13.8 Å². The van der Waals surface area contributed by atoms with Gasteiger partial charge in [-0.05, 0) is 36.6 Å². The van der Waals surface area contributed by atoms with Gasteiger partial charge < -0.3 is 10.5 Å². The first-order chi connectivity index (χ1) is 15.8. The monoisotopic (exact) mass is 448 g/mol. The number of hydrogen-bond acceptors (Lipinski definition) is 5. The number of nitrogens with zero attached hydrogens (tertiary/aromatic N) is 2. The van der Waals surface area contributed by atoms with Crippen LogP contribution in [0.15, 0.2) is 64.2 Å². The molecule has 3 aromatic rings. The third kappa shape index (κ3) is 5.67. The summed E-state index contributed by atoms with van der Waals surface area (Å²) in [4.78, 5) is 42.0. The number of hydrogen-bond donors (Lipinski definition) is 2. The quantitative estimate of drug-likeness (QED) is 0.515. The minimum atomic E-state index is -0.727. The highest BCUT2D eigenvalue weighted by molar-refractivity contribution is 6.05. The normalized spacial score (nSPS) is 11.1. The third-order valence-corrected chi connectivity index (χ3v) is 5.28. The van der Waals surface area contributed by atoms with Crippen LogP contribution in [-0.4, -0.2) is 29.2 Å². The smallest absolute Gasteiger partial charge is 0.330 e. The molecule has 3 N–H and O–H groups in total. The summed E-state index contributed by atoms with van der Waals surface area (Å²) >= 11 is 0. The van der Waals surface area contributed by atoms with Gasteiger partial charge in [-0.2, -0.15) is 0 Å². The van der Waals surface area contributed by atoms with Crippen molar-refractivity contribution >= 4 is 23.5 Å². The van der Waals surface area contributed by atoms with Gasteiger partial charge in [-0.25, -0.2) is 4.79 Å². The molecular formula is C25H28N4O4. The summed E-state index contributed by atoms with van der Waals surface area (Å²) in [7, 11) is 1.50. The van der Waals surface area contributed by atoms with E-state index >= 15 is 0 Å². The fourth-order valence-corrected chi connectivity index (χ4v) is 3.54. The first-order valence-electron chi connectivity index (χ1n) is 10.5. The van der Waals surface area contributed by atoms with Gasteiger partial charge in [0.05, 0.1) is 19.7 Å². The Morgan fingerprint density at radius 1 is 1.15 bits per heavy atom. The topological polar surface area (TPSA) is 110 Å². The summed E-state index contributed by atoms with van der Waals surface area (Å²) in [6.45, 7) is 4.42. The number of nitrogens with one attached hydrogen (secondary N) is 1. The van der Waals surface area contributed by atoms with E-state index in [0.29, 0.717) is 0 Å². The maximum absolute atomic E-state index is 13.3. The number of aryl methyl sites for hydroxylation is 2. The molecule has 8 nitrogen and oxygen atoms in total. The lowest BCUT2D eigenvalue weighted by Gasteiger charge is -2.23. The average molecular weight is 449 g/mol. The van der Waals surface area contributed by atoms with Gasteiger partial charge in [0.2, 0.25) is 0 Å². The molecular weight excluding hydrogens is 420 g/mol. The predicted octanol–water partition coefficient (Wildman–Crippen LogP) is 2.63. The molecule has 0 saturated heterocycles. The molecule has 0 aliphatic carbocycles. The summed E-state index contributed by atoms with van der Waals surface area (Å²) in [5.74, 6) is -0.530. The van der Waals surface area contributed by atoms with Crippen LogP contribution >= 0.6 is 0 Å². The van der Waals surface area contributed by atoms with Crippen molar-refractivity contribution in [3.8, 4) is 0 Å². The predicted molar refractivity (Wildman–Crippen MR) is 130 cm³/mol. The van der Waals surface area contributed by atoms with Crippen LogP contribution in [0.25, 0.3) is 6.08 Å². The van der Waals surface area contributed by atoms with E-state index in [-0.39, 0.29) is 31.2 Å². The molecule has 0 spiro atoms. The Morgan fingerprint density at radius 2 is 1.88 bits per heavy atom. The Labute approximate surface area is 191 Å². The zero-order chi connectivity index (χ0) is 24.0. The molecule has 0 aliphatic heterocycles. The van der Waals surface area contributed by atoms with Crippen LogP contribution in [0.3, 0.4) is 0 Å². The van der Waals surface area contributed by atoms with Gasteiger partial charge in [0, 0.05) is 13.2 Å². The molecule has 33 heavy (non-hydrogen) atoms. The van der Waals surface area contributed by atoms with Crippen molar-refractivity contribution in [2.24, 2.45) is 0 Å². The van der Waals surface area contributed by atoms with Gasteiger partial charge in [0.15, 0.2) is 5.69 Å². The van der Waals surface area contributed by atoms with Crippen LogP contribution in [-0.2, 0) is 22.6 Å². The van der Waals surface area contributed by atoms with Crippen LogP contribution in [0.2, 0.25) is 0 Å². The molecule has 0 radical (unpaired) electrons. The summed E-state index contributed by atoms with van der Waals surface area (Å²) in [6, 6.07) is 15.2. The number of amides is 1. The zero-order valence-corrected chi connectivity index (χ0v) is 19.0. The van der Waals surface area contributed by atoms with Gasteiger partial charge in [-0.1, -0.05) is 54.1 Å². The number of methoxy groups -OCH3 is 1. The summed E-state index contributed by atoms with van der Waals surface area (Å²) in [5.41, 5.74) is 8.62. The highest BCUT2D eigenvalue weighted by Gasteiger charge is 2.23. The van der Waals surface area contributed by atoms with Crippen molar-refractivity contribution in [1.82, 2.24) is 9.55 Å². The number of benzene rings is 2. The van der Waals surface area contributed by atoms with E-state index in [1.54, 1.807) is 6.08 Å². The number of carbonyl (C=O) groups excluding carboxylic acids is 1. The van der Waals surface area contributed by atoms with E-state index in [1.165, 1.54) is 22.7 Å². The van der Waals surface area contributed by atoms with Crippen molar-refractivity contribution in [2.45, 2.75) is 26.9 Å². The first-order valence-corrected chi connectivity index (χ1v) is 10.5. The molecule has 1 heterocycles. The van der Waals surface area contributed by atoms with Crippen LogP contribution in [0.5, 0.6) is 0 Å². The molecule has 8 heteroatoms. The Bertz CT molecular complexity index is 1280. The molecule has 1 aromatic heterocycles. The standard InChI is InChI=1S/C25H28N4O4/c1-17-9-10-20(18(2)15-17)11-12-21(30)29(16-19-7-5-4-6-8-19)22-23(26)28(13-14-33-3)25(32)27-24(22)31/h4-12,15H,13-14,16,26H2,1-3H3,(H,27,31,32)/b12-11+. The second-order valence-corrected chi connectivity index (χ2v) is 7.74. The maximum atomic E-state index is 13.3. The molecule has 2 aromatic carbocycles. The van der Waals surface area contributed by atoms with Crippen LogP contribution < -0.4 is 21.9 Å². The molecule has 0 unspecified atom stereocenters. The van der Waals surface area contributed by atoms with Crippen molar-refractivity contribution in [3.05, 3.63) is 97.7 Å². The molecule has 0 fully saturated rings. The summed E-state index contributed by atoms with van der Waals surface area (Å²) < 4.78 is 6.23. The Kier molecular flexibility index (Phi) is 7.63. The fourth-order valence-electron chi connectivity index (χ4n) is 3.54. The number of nitrogen functional groups attached to an aromatic ring is 1. The second kappa shape index (κ2) is 10.6. The Morgan fingerprint density at radius 3 is 2.55 bits per heavy atom. The molecule has 0 atom stereocenters. The van der Waals surface area contributed by atoms with Gasteiger partial charge >= 0.3 is 5.69 Å². The van der Waals surface area contributed by atoms with E-state index in [1.807, 2.05) is 62.4 Å². The van der Waals surface area contributed by atoms with E-state index in [9.17, 15) is 14.4 Å². The number of aromatic nitrogens is 2. The molecule has 172 valence electrons. The Hall–Kier alpha value is -3.91. The molecule has 3 rings (SSSR count). The van der Waals surface area contributed by atoms with E-state index < -0.39 is 17.2 Å². The van der Waals surface area contributed by atoms with Crippen LogP contribution in [0.1, 0.15) is 22.3 Å². The lowest BCUT2D eigenvalue weighted by atomic mass is 10.1. The first kappa shape index (κ1) is 23.7. The van der Waals surface area contributed by atoms with E-state index in [4.69, 9.17) is 10.5 Å². The maximum Gasteiger partial charge on any atom is 0.330 e. The number of aromatic amines is 1. The molecule has 0 saturated carbocycles. The van der Waals surface area contributed by atoms with Gasteiger partial charge in [0.25, 0.3) is 11.5 Å². The fraction of sp³-hybridized carbons (Fsp3) is 0.240.